The number of hydrogen-bond acceptors (Lipinski definition) is 6. The summed E-state index contributed by atoms with van der Waals surface area (Å²) in [5, 5.41) is 2.93. The highest BCUT2D eigenvalue weighted by molar-refractivity contribution is 7.89. The highest BCUT2D eigenvalue weighted by Crippen LogP contribution is 2.35. The van der Waals surface area contributed by atoms with Gasteiger partial charge in [-0.05, 0) is 67.6 Å². The van der Waals surface area contributed by atoms with Gasteiger partial charge in [-0.3, -0.25) is 9.59 Å². The first-order chi connectivity index (χ1) is 16.7. The number of ether oxygens (including phenoxy) is 2. The molecular formula is C25H29N3O6S. The van der Waals surface area contributed by atoms with E-state index in [2.05, 4.69) is 5.32 Å². The van der Waals surface area contributed by atoms with Crippen LogP contribution in [0.25, 0.3) is 0 Å². The third-order valence-corrected chi connectivity index (χ3v) is 8.76. The number of fused-ring (bicyclic) bond motifs is 2. The third kappa shape index (κ3) is 4.48. The number of carbonyl (C=O) groups excluding carboxylic acids is 2. The van der Waals surface area contributed by atoms with Gasteiger partial charge in [0.1, 0.15) is 0 Å². The second kappa shape index (κ2) is 9.16. The number of anilines is 1. The Labute approximate surface area is 205 Å². The zero-order chi connectivity index (χ0) is 24.7. The fourth-order valence-corrected chi connectivity index (χ4v) is 6.73. The molecule has 1 saturated heterocycles. The molecule has 186 valence electrons. The summed E-state index contributed by atoms with van der Waals surface area (Å²) in [6, 6.07) is 10.5. The molecule has 0 bridgehead atoms. The molecule has 2 amide bonds. The Bertz CT molecular complexity index is 1280. The summed E-state index contributed by atoms with van der Waals surface area (Å²) in [5.74, 6) is 0.695. The van der Waals surface area contributed by atoms with Gasteiger partial charge in [-0.2, -0.15) is 4.31 Å². The number of benzene rings is 2. The Morgan fingerprint density at radius 1 is 1.11 bits per heavy atom. The number of piperidine rings is 1. The number of carbonyl (C=O) groups is 2. The summed E-state index contributed by atoms with van der Waals surface area (Å²) in [7, 11) is -3.76. The van der Waals surface area contributed by atoms with E-state index >= 15 is 0 Å². The minimum atomic E-state index is -3.76. The molecule has 2 atom stereocenters. The van der Waals surface area contributed by atoms with Crippen LogP contribution in [0.5, 0.6) is 11.5 Å². The molecule has 0 aromatic heterocycles. The van der Waals surface area contributed by atoms with Gasteiger partial charge < -0.3 is 19.7 Å². The van der Waals surface area contributed by atoms with Crippen LogP contribution < -0.4 is 19.7 Å². The predicted octanol–water partition coefficient (Wildman–Crippen LogP) is 2.43. The average Bonchev–Trinajstić information content (AvgIpc) is 3.44. The number of hydrogen-bond donors (Lipinski definition) is 1. The molecule has 1 fully saturated rings. The van der Waals surface area contributed by atoms with Gasteiger partial charge in [-0.1, -0.05) is 6.07 Å². The summed E-state index contributed by atoms with van der Waals surface area (Å²) < 4.78 is 39.0. The van der Waals surface area contributed by atoms with Crippen molar-refractivity contribution in [2.45, 2.75) is 50.6 Å². The van der Waals surface area contributed by atoms with E-state index in [-0.39, 0.29) is 36.1 Å². The van der Waals surface area contributed by atoms with Crippen LogP contribution in [0.1, 0.15) is 37.8 Å². The first kappa shape index (κ1) is 23.6. The lowest BCUT2D eigenvalue weighted by atomic mass is 9.98. The highest BCUT2D eigenvalue weighted by Gasteiger charge is 2.35. The van der Waals surface area contributed by atoms with Crippen LogP contribution in [0, 0.1) is 5.92 Å². The van der Waals surface area contributed by atoms with Gasteiger partial charge in [0.05, 0.1) is 10.8 Å². The zero-order valence-electron chi connectivity index (χ0n) is 19.8. The summed E-state index contributed by atoms with van der Waals surface area (Å²) in [6.45, 7) is 4.50. The molecular weight excluding hydrogens is 470 g/mol. The van der Waals surface area contributed by atoms with Gasteiger partial charge >= 0.3 is 0 Å². The predicted molar refractivity (Wildman–Crippen MR) is 129 cm³/mol. The number of rotatable bonds is 5. The van der Waals surface area contributed by atoms with Crippen molar-refractivity contribution in [2.75, 3.05) is 24.8 Å². The summed E-state index contributed by atoms with van der Waals surface area (Å²) in [6.07, 6.45) is 1.86. The molecule has 3 heterocycles. The minimum Gasteiger partial charge on any atom is -0.454 e. The standard InChI is InChI=1S/C25H29N3O6S/c1-16-10-20-12-21(6-7-22(20)28(16)17(2)29)35(31,32)27-9-3-4-19(14-27)25(30)26-13-18-5-8-23-24(11-18)34-15-33-23/h5-8,11-12,16,19H,3-4,9-10,13-15H2,1-2H3,(H,26,30)/t16-,19+/m1/s1. The topological polar surface area (TPSA) is 105 Å². The zero-order valence-corrected chi connectivity index (χ0v) is 20.6. The Hall–Kier alpha value is -3.11. The maximum Gasteiger partial charge on any atom is 0.243 e. The molecule has 0 aliphatic carbocycles. The van der Waals surface area contributed by atoms with Crippen molar-refractivity contribution in [3.05, 3.63) is 47.5 Å². The van der Waals surface area contributed by atoms with Crippen LogP contribution >= 0.6 is 0 Å². The van der Waals surface area contributed by atoms with Gasteiger partial charge in [-0.25, -0.2) is 8.42 Å². The number of amides is 2. The molecule has 1 N–H and O–H groups in total. The summed E-state index contributed by atoms with van der Waals surface area (Å²) in [4.78, 5) is 26.8. The van der Waals surface area contributed by atoms with E-state index in [1.54, 1.807) is 23.1 Å². The lowest BCUT2D eigenvalue weighted by molar-refractivity contribution is -0.126. The van der Waals surface area contributed by atoms with E-state index in [4.69, 9.17) is 9.47 Å². The monoisotopic (exact) mass is 499 g/mol. The van der Waals surface area contributed by atoms with E-state index in [0.717, 1.165) is 16.8 Å². The summed E-state index contributed by atoms with van der Waals surface area (Å²) >= 11 is 0. The molecule has 5 rings (SSSR count). The first-order valence-corrected chi connectivity index (χ1v) is 13.3. The maximum atomic E-state index is 13.4. The van der Waals surface area contributed by atoms with Crippen molar-refractivity contribution in [2.24, 2.45) is 5.92 Å². The molecule has 3 aliphatic rings. The van der Waals surface area contributed by atoms with E-state index < -0.39 is 15.9 Å². The van der Waals surface area contributed by atoms with Gasteiger partial charge in [0.15, 0.2) is 11.5 Å². The van der Waals surface area contributed by atoms with Crippen LogP contribution in [0.15, 0.2) is 41.3 Å². The maximum absolute atomic E-state index is 13.4. The lowest BCUT2D eigenvalue weighted by Gasteiger charge is -2.31. The van der Waals surface area contributed by atoms with Crippen LogP contribution in [0.3, 0.4) is 0 Å². The quantitative estimate of drug-likeness (QED) is 0.678. The van der Waals surface area contributed by atoms with Gasteiger partial charge in [-0.15, -0.1) is 0 Å². The third-order valence-electron chi connectivity index (χ3n) is 6.90. The van der Waals surface area contributed by atoms with E-state index in [9.17, 15) is 18.0 Å². The van der Waals surface area contributed by atoms with Crippen LogP contribution in [-0.2, 0) is 32.6 Å². The van der Waals surface area contributed by atoms with E-state index in [1.165, 1.54) is 11.2 Å². The molecule has 2 aromatic rings. The van der Waals surface area contributed by atoms with Crippen LogP contribution in [0.2, 0.25) is 0 Å². The second-order valence-corrected chi connectivity index (χ2v) is 11.3. The molecule has 35 heavy (non-hydrogen) atoms. The Morgan fingerprint density at radius 2 is 1.91 bits per heavy atom. The van der Waals surface area contributed by atoms with Crippen LogP contribution in [-0.4, -0.2) is 50.5 Å². The van der Waals surface area contributed by atoms with Crippen molar-refractivity contribution in [1.29, 1.82) is 0 Å². The molecule has 3 aliphatic heterocycles. The van der Waals surface area contributed by atoms with Gasteiger partial charge in [0.25, 0.3) is 0 Å². The van der Waals surface area contributed by atoms with Crippen LogP contribution in [0.4, 0.5) is 5.69 Å². The van der Waals surface area contributed by atoms with Crippen molar-refractivity contribution >= 4 is 27.5 Å². The first-order valence-electron chi connectivity index (χ1n) is 11.8. The van der Waals surface area contributed by atoms with Crippen molar-refractivity contribution in [1.82, 2.24) is 9.62 Å². The molecule has 0 spiro atoms. The molecule has 0 saturated carbocycles. The highest BCUT2D eigenvalue weighted by atomic mass is 32.2. The molecule has 0 radical (unpaired) electrons. The number of nitrogens with one attached hydrogen (secondary N) is 1. The average molecular weight is 500 g/mol. The minimum absolute atomic E-state index is 0.00622. The summed E-state index contributed by atoms with van der Waals surface area (Å²) in [5.41, 5.74) is 2.50. The SMILES string of the molecule is CC(=O)N1c2ccc(S(=O)(=O)N3CCC[C@H](C(=O)NCc4ccc5c(c4)OCO5)C3)cc2C[C@H]1C. The van der Waals surface area contributed by atoms with Gasteiger partial charge in [0.2, 0.25) is 28.6 Å². The normalized spacial score (nSPS) is 21.6. The molecule has 9 nitrogen and oxygen atoms in total. The second-order valence-electron chi connectivity index (χ2n) is 9.34. The van der Waals surface area contributed by atoms with Crippen molar-refractivity contribution in [3.63, 3.8) is 0 Å². The Kier molecular flexibility index (Phi) is 6.18. The van der Waals surface area contributed by atoms with Gasteiger partial charge in [0, 0.05) is 38.3 Å². The molecule has 0 unspecified atom stereocenters. The number of nitrogens with zero attached hydrogens (tertiary/aromatic N) is 2. The molecule has 2 aromatic carbocycles. The van der Waals surface area contributed by atoms with Crippen molar-refractivity contribution < 1.29 is 27.5 Å². The Balaban J connectivity index is 1.25. The van der Waals surface area contributed by atoms with Crippen molar-refractivity contribution in [3.8, 4) is 11.5 Å². The fraction of sp³-hybridized carbons (Fsp3) is 0.440. The molecule has 10 heteroatoms. The lowest BCUT2D eigenvalue weighted by Crippen LogP contribution is -2.45. The smallest absolute Gasteiger partial charge is 0.243 e. The number of sulfonamides is 1. The van der Waals surface area contributed by atoms with E-state index in [0.29, 0.717) is 43.9 Å². The fourth-order valence-electron chi connectivity index (χ4n) is 5.16. The Morgan fingerprint density at radius 3 is 2.71 bits per heavy atom. The largest absolute Gasteiger partial charge is 0.454 e. The van der Waals surface area contributed by atoms with E-state index in [1.807, 2.05) is 25.1 Å².